The van der Waals surface area contributed by atoms with Crippen LogP contribution in [0.3, 0.4) is 0 Å². The van der Waals surface area contributed by atoms with Crippen LogP contribution in [0.4, 0.5) is 10.5 Å². The lowest BCUT2D eigenvalue weighted by atomic mass is 10.1. The van der Waals surface area contributed by atoms with Crippen molar-refractivity contribution in [3.8, 4) is 11.5 Å². The van der Waals surface area contributed by atoms with E-state index in [-0.39, 0.29) is 11.8 Å². The highest BCUT2D eigenvalue weighted by Crippen LogP contribution is 2.36. The molecule has 1 saturated heterocycles. The summed E-state index contributed by atoms with van der Waals surface area (Å²) >= 11 is 8.05. The molecule has 1 fully saturated rings. The molecule has 0 bridgehead atoms. The molecule has 0 saturated carbocycles. The maximum absolute atomic E-state index is 12.8. The molecule has 3 rings (SSSR count). The van der Waals surface area contributed by atoms with Gasteiger partial charge in [-0.3, -0.25) is 4.79 Å². The fourth-order valence-corrected chi connectivity index (χ4v) is 3.63. The minimum absolute atomic E-state index is 0.0465. The summed E-state index contributed by atoms with van der Waals surface area (Å²) < 4.78 is 12.3. The van der Waals surface area contributed by atoms with Crippen molar-refractivity contribution in [2.24, 2.45) is 0 Å². The van der Waals surface area contributed by atoms with Gasteiger partial charge in [-0.05, 0) is 84.0 Å². The molecule has 8 heteroatoms. The number of hydrogen-bond acceptors (Lipinski definition) is 4. The van der Waals surface area contributed by atoms with Crippen LogP contribution >= 0.6 is 34.2 Å². The molecule has 6 nitrogen and oxygen atoms in total. The van der Waals surface area contributed by atoms with E-state index in [1.165, 1.54) is 0 Å². The number of rotatable bonds is 6. The van der Waals surface area contributed by atoms with Crippen molar-refractivity contribution in [1.82, 2.24) is 5.32 Å². The van der Waals surface area contributed by atoms with Crippen LogP contribution in [0.2, 0.25) is 5.02 Å². The summed E-state index contributed by atoms with van der Waals surface area (Å²) in [7, 11) is 1.57. The molecular formula is C21H20ClIN2O4. The predicted octanol–water partition coefficient (Wildman–Crippen LogP) is 5.23. The van der Waals surface area contributed by atoms with Gasteiger partial charge in [0, 0.05) is 5.02 Å². The van der Waals surface area contributed by atoms with Gasteiger partial charge in [0.25, 0.3) is 5.91 Å². The highest BCUT2D eigenvalue weighted by atomic mass is 127. The van der Waals surface area contributed by atoms with Crippen molar-refractivity contribution < 1.29 is 19.1 Å². The molecule has 1 heterocycles. The quantitative estimate of drug-likeness (QED) is 0.318. The Morgan fingerprint density at radius 1 is 1.24 bits per heavy atom. The average molecular weight is 527 g/mol. The number of ether oxygens (including phenoxy) is 2. The SMILES string of the molecule is CC[C@H](C)Oc1c(I)cc(/C=C2/NC(=O)N(c3ccc(Cl)cc3)C2=O)cc1OC. The Morgan fingerprint density at radius 3 is 2.55 bits per heavy atom. The first kappa shape index (κ1) is 21.4. The van der Waals surface area contributed by atoms with Gasteiger partial charge in [-0.15, -0.1) is 0 Å². The number of halogens is 2. The number of benzene rings is 2. The Balaban J connectivity index is 1.92. The second-order valence-electron chi connectivity index (χ2n) is 6.48. The number of anilines is 1. The van der Waals surface area contributed by atoms with E-state index < -0.39 is 11.9 Å². The van der Waals surface area contributed by atoms with Gasteiger partial charge in [0.1, 0.15) is 5.70 Å². The first-order chi connectivity index (χ1) is 13.8. The largest absolute Gasteiger partial charge is 0.493 e. The van der Waals surface area contributed by atoms with Crippen LogP contribution < -0.4 is 19.7 Å². The number of hydrogen-bond donors (Lipinski definition) is 1. The molecule has 0 radical (unpaired) electrons. The summed E-state index contributed by atoms with van der Waals surface area (Å²) in [5.74, 6) is 0.788. The molecule has 3 amide bonds. The van der Waals surface area contributed by atoms with Gasteiger partial charge in [0.05, 0.1) is 22.5 Å². The monoisotopic (exact) mass is 526 g/mol. The molecule has 2 aromatic carbocycles. The Hall–Kier alpha value is -2.26. The van der Waals surface area contributed by atoms with Gasteiger partial charge in [0.15, 0.2) is 11.5 Å². The van der Waals surface area contributed by atoms with Crippen LogP contribution in [-0.2, 0) is 4.79 Å². The average Bonchev–Trinajstić information content (AvgIpc) is 2.97. The Labute approximate surface area is 188 Å². The molecule has 0 unspecified atom stereocenters. The number of carbonyl (C=O) groups excluding carboxylic acids is 2. The van der Waals surface area contributed by atoms with Gasteiger partial charge in [0.2, 0.25) is 0 Å². The third-order valence-electron chi connectivity index (χ3n) is 4.42. The second-order valence-corrected chi connectivity index (χ2v) is 8.07. The number of methoxy groups -OCH3 is 1. The van der Waals surface area contributed by atoms with Crippen molar-refractivity contribution in [1.29, 1.82) is 0 Å². The summed E-state index contributed by atoms with van der Waals surface area (Å²) in [4.78, 5) is 26.2. The number of nitrogens with zero attached hydrogens (tertiary/aromatic N) is 1. The van der Waals surface area contributed by atoms with Crippen LogP contribution in [0.15, 0.2) is 42.1 Å². The van der Waals surface area contributed by atoms with Gasteiger partial charge >= 0.3 is 6.03 Å². The highest BCUT2D eigenvalue weighted by molar-refractivity contribution is 14.1. The van der Waals surface area contributed by atoms with Gasteiger partial charge in [-0.2, -0.15) is 0 Å². The van der Waals surface area contributed by atoms with E-state index in [0.717, 1.165) is 14.9 Å². The lowest BCUT2D eigenvalue weighted by molar-refractivity contribution is -0.113. The normalized spacial score (nSPS) is 16.2. The summed E-state index contributed by atoms with van der Waals surface area (Å²) in [6.07, 6.45) is 2.53. The molecule has 29 heavy (non-hydrogen) atoms. The molecule has 2 aromatic rings. The van der Waals surface area contributed by atoms with Gasteiger partial charge in [-0.25, -0.2) is 9.69 Å². The van der Waals surface area contributed by atoms with Crippen molar-refractivity contribution in [3.63, 3.8) is 0 Å². The lowest BCUT2D eigenvalue weighted by Gasteiger charge is -2.17. The minimum atomic E-state index is -0.512. The van der Waals surface area contributed by atoms with E-state index in [2.05, 4.69) is 27.9 Å². The Morgan fingerprint density at radius 2 is 1.93 bits per heavy atom. The zero-order valence-corrected chi connectivity index (χ0v) is 19.1. The number of amides is 3. The molecule has 1 N–H and O–H groups in total. The Kier molecular flexibility index (Phi) is 6.69. The molecule has 1 aliphatic heterocycles. The zero-order valence-electron chi connectivity index (χ0n) is 16.2. The molecule has 152 valence electrons. The maximum Gasteiger partial charge on any atom is 0.333 e. The fourth-order valence-electron chi connectivity index (χ4n) is 2.75. The van der Waals surface area contributed by atoms with Crippen LogP contribution in [-0.4, -0.2) is 25.2 Å². The van der Waals surface area contributed by atoms with E-state index in [0.29, 0.717) is 27.8 Å². The van der Waals surface area contributed by atoms with Crippen molar-refractivity contribution in [3.05, 3.63) is 56.3 Å². The molecule has 0 aromatic heterocycles. The zero-order chi connectivity index (χ0) is 21.1. The number of imide groups is 1. The van der Waals surface area contributed by atoms with Crippen molar-refractivity contribution >= 4 is 57.9 Å². The maximum atomic E-state index is 12.8. The van der Waals surface area contributed by atoms with E-state index in [1.54, 1.807) is 43.5 Å². The summed E-state index contributed by atoms with van der Waals surface area (Å²) in [5, 5.41) is 3.15. The molecular weight excluding hydrogens is 507 g/mol. The molecule has 1 aliphatic rings. The summed E-state index contributed by atoms with van der Waals surface area (Å²) in [6, 6.07) is 9.63. The number of carbonyl (C=O) groups is 2. The molecule has 0 spiro atoms. The lowest BCUT2D eigenvalue weighted by Crippen LogP contribution is -2.30. The van der Waals surface area contributed by atoms with Crippen molar-refractivity contribution in [2.45, 2.75) is 26.4 Å². The standard InChI is InChI=1S/C21H20ClIN2O4/c1-4-12(2)29-19-16(23)9-13(11-18(19)28-3)10-17-20(26)25(21(27)24-17)15-7-5-14(22)6-8-15/h5-12H,4H2,1-3H3,(H,24,27)/b17-10+/t12-/m0/s1. The van der Waals surface area contributed by atoms with Gasteiger partial charge in [-0.1, -0.05) is 18.5 Å². The molecule has 0 aliphatic carbocycles. The van der Waals surface area contributed by atoms with E-state index in [4.69, 9.17) is 21.1 Å². The third kappa shape index (κ3) is 4.67. The fraction of sp³-hybridized carbons (Fsp3) is 0.238. The van der Waals surface area contributed by atoms with E-state index >= 15 is 0 Å². The minimum Gasteiger partial charge on any atom is -0.493 e. The first-order valence-corrected chi connectivity index (χ1v) is 10.5. The molecule has 1 atom stereocenters. The smallest absolute Gasteiger partial charge is 0.333 e. The Bertz CT molecular complexity index is 975. The van der Waals surface area contributed by atoms with Crippen LogP contribution in [0, 0.1) is 3.57 Å². The van der Waals surface area contributed by atoms with Crippen LogP contribution in [0.5, 0.6) is 11.5 Å². The van der Waals surface area contributed by atoms with Crippen molar-refractivity contribution in [2.75, 3.05) is 12.0 Å². The van der Waals surface area contributed by atoms with Crippen LogP contribution in [0.1, 0.15) is 25.8 Å². The number of nitrogens with one attached hydrogen (secondary N) is 1. The van der Waals surface area contributed by atoms with E-state index in [1.807, 2.05) is 19.9 Å². The summed E-state index contributed by atoms with van der Waals surface area (Å²) in [6.45, 7) is 4.03. The second kappa shape index (κ2) is 9.04. The van der Waals surface area contributed by atoms with Gasteiger partial charge < -0.3 is 14.8 Å². The number of urea groups is 1. The van der Waals surface area contributed by atoms with Crippen LogP contribution in [0.25, 0.3) is 6.08 Å². The topological polar surface area (TPSA) is 67.9 Å². The summed E-state index contributed by atoms with van der Waals surface area (Å²) in [5.41, 5.74) is 1.34. The van der Waals surface area contributed by atoms with E-state index in [9.17, 15) is 9.59 Å². The third-order valence-corrected chi connectivity index (χ3v) is 5.47. The highest BCUT2D eigenvalue weighted by Gasteiger charge is 2.34. The first-order valence-electron chi connectivity index (χ1n) is 9.01. The predicted molar refractivity (Wildman–Crippen MR) is 122 cm³/mol.